The quantitative estimate of drug-likeness (QED) is 0.0560. The number of cyclic esters (lactones) is 2. The van der Waals surface area contributed by atoms with Gasteiger partial charge in [0.2, 0.25) is 0 Å². The first-order chi connectivity index (χ1) is 36.6. The molecule has 6 atom stereocenters. The van der Waals surface area contributed by atoms with E-state index in [0.29, 0.717) is 54.7 Å². The molecular weight excluding hydrogens is 1040 g/mol. The van der Waals surface area contributed by atoms with E-state index in [-0.39, 0.29) is 59.1 Å². The van der Waals surface area contributed by atoms with Crippen molar-refractivity contribution >= 4 is 48.8 Å². The molecule has 79 heavy (non-hydrogen) atoms. The molecule has 0 fully saturated rings. The van der Waals surface area contributed by atoms with E-state index in [0.717, 1.165) is 17.5 Å². The second-order valence-electron chi connectivity index (χ2n) is 25.7. The molecule has 0 amide bonds. The molecular formula is C64H98O12Si3. The monoisotopic (exact) mass is 1140 g/mol. The summed E-state index contributed by atoms with van der Waals surface area (Å²) < 4.78 is 42.6. The highest BCUT2D eigenvalue weighted by Crippen LogP contribution is 2.42. The van der Waals surface area contributed by atoms with Gasteiger partial charge in [0, 0.05) is 37.8 Å². The summed E-state index contributed by atoms with van der Waals surface area (Å²) in [6.07, 6.45) is 19.7. The molecule has 2 heterocycles. The van der Waals surface area contributed by atoms with Gasteiger partial charge in [-0.05, 0) is 115 Å². The van der Waals surface area contributed by atoms with Gasteiger partial charge in [0.25, 0.3) is 16.6 Å². The number of benzene rings is 2. The number of allylic oxidation sites excluding steroid dienone is 4. The van der Waals surface area contributed by atoms with E-state index in [4.69, 9.17) is 32.2 Å². The van der Waals surface area contributed by atoms with E-state index in [1.807, 2.05) is 49.4 Å². The van der Waals surface area contributed by atoms with E-state index < -0.39 is 67.1 Å². The van der Waals surface area contributed by atoms with Crippen molar-refractivity contribution in [2.24, 2.45) is 11.8 Å². The first kappa shape index (κ1) is 68.2. The summed E-state index contributed by atoms with van der Waals surface area (Å²) in [4.78, 5) is 51.7. The van der Waals surface area contributed by atoms with Crippen LogP contribution in [0.25, 0.3) is 0 Å². The molecule has 2 aromatic rings. The van der Waals surface area contributed by atoms with Crippen LogP contribution in [-0.2, 0) is 45.8 Å². The smallest absolute Gasteiger partial charge is 0.342 e. The highest BCUT2D eigenvalue weighted by molar-refractivity contribution is 6.75. The van der Waals surface area contributed by atoms with Crippen LogP contribution in [0.4, 0.5) is 0 Å². The number of hydrogen-bond donors (Lipinski definition) is 1. The average Bonchev–Trinajstić information content (AvgIpc) is 3.35. The van der Waals surface area contributed by atoms with Gasteiger partial charge in [-0.1, -0.05) is 162 Å². The Morgan fingerprint density at radius 2 is 1.00 bits per heavy atom. The third-order valence-electron chi connectivity index (χ3n) is 16.1. The predicted molar refractivity (Wildman–Crippen MR) is 327 cm³/mol. The van der Waals surface area contributed by atoms with Crippen molar-refractivity contribution < 1.29 is 56.5 Å². The summed E-state index contributed by atoms with van der Waals surface area (Å²) in [7, 11) is -6.59. The number of rotatable bonds is 16. The summed E-state index contributed by atoms with van der Waals surface area (Å²) in [6.45, 7) is 44.4. The van der Waals surface area contributed by atoms with Gasteiger partial charge in [-0.2, -0.15) is 0 Å². The fourth-order valence-electron chi connectivity index (χ4n) is 7.86. The summed E-state index contributed by atoms with van der Waals surface area (Å²) in [6, 6.07) is 11.5. The van der Waals surface area contributed by atoms with Gasteiger partial charge in [-0.3, -0.25) is 0 Å². The fraction of sp³-hybridized carbons (Fsp3) is 0.562. The Balaban J connectivity index is 0.000000422. The minimum Gasteiger partial charge on any atom is -0.543 e. The minimum absolute atomic E-state index is 0.00358. The topological polar surface area (TPSA) is 153 Å². The van der Waals surface area contributed by atoms with Gasteiger partial charge >= 0.3 is 23.9 Å². The normalized spacial score (nSPS) is 22.1. The second kappa shape index (κ2) is 30.1. The van der Waals surface area contributed by atoms with E-state index in [1.54, 1.807) is 12.2 Å². The van der Waals surface area contributed by atoms with Gasteiger partial charge in [0.1, 0.15) is 48.0 Å². The van der Waals surface area contributed by atoms with Crippen molar-refractivity contribution in [3.63, 3.8) is 0 Å². The summed E-state index contributed by atoms with van der Waals surface area (Å²) in [5, 5.41) is 10.7. The van der Waals surface area contributed by atoms with E-state index in [2.05, 4.69) is 140 Å². The summed E-state index contributed by atoms with van der Waals surface area (Å²) in [5.74, 6) is -0.539. The Morgan fingerprint density at radius 3 is 1.39 bits per heavy atom. The van der Waals surface area contributed by atoms with Crippen LogP contribution in [0.15, 0.2) is 110 Å². The number of ether oxygens (including phenoxy) is 4. The van der Waals surface area contributed by atoms with Crippen molar-refractivity contribution in [1.29, 1.82) is 0 Å². The van der Waals surface area contributed by atoms with Crippen LogP contribution < -0.4 is 8.85 Å². The van der Waals surface area contributed by atoms with Crippen LogP contribution in [0.1, 0.15) is 147 Å². The third kappa shape index (κ3) is 21.4. The first-order valence-corrected chi connectivity index (χ1v) is 36.9. The molecule has 0 unspecified atom stereocenters. The van der Waals surface area contributed by atoms with E-state index >= 15 is 0 Å². The lowest BCUT2D eigenvalue weighted by Crippen LogP contribution is -2.46. The number of esters is 4. The van der Waals surface area contributed by atoms with Crippen LogP contribution in [0.2, 0.25) is 54.4 Å². The molecule has 15 heteroatoms. The Morgan fingerprint density at radius 1 is 0.608 bits per heavy atom. The van der Waals surface area contributed by atoms with Crippen molar-refractivity contribution in [3.05, 3.63) is 133 Å². The highest BCUT2D eigenvalue weighted by atomic mass is 28.4. The van der Waals surface area contributed by atoms with Crippen molar-refractivity contribution in [1.82, 2.24) is 0 Å². The minimum atomic E-state index is -2.24. The number of carbonyl (C=O) groups is 4. The molecule has 1 N–H and O–H groups in total. The maximum atomic E-state index is 14.1. The zero-order valence-electron chi connectivity index (χ0n) is 51.1. The maximum Gasteiger partial charge on any atom is 0.342 e. The molecule has 0 aliphatic carbocycles. The molecule has 4 rings (SSSR count). The molecule has 0 aromatic heterocycles. The summed E-state index contributed by atoms with van der Waals surface area (Å²) in [5.41, 5.74) is 2.62. The third-order valence-corrected chi connectivity index (χ3v) is 29.3. The van der Waals surface area contributed by atoms with E-state index in [9.17, 15) is 24.3 Å². The van der Waals surface area contributed by atoms with Crippen molar-refractivity contribution in [3.8, 4) is 11.5 Å². The fourth-order valence-corrected chi connectivity index (χ4v) is 11.4. The molecule has 2 aromatic carbocycles. The molecule has 12 nitrogen and oxygen atoms in total. The number of carbonyl (C=O) groups excluding carboxylic acids is 4. The maximum absolute atomic E-state index is 14.1. The summed E-state index contributed by atoms with van der Waals surface area (Å²) >= 11 is 0. The SMILES string of the molecule is C=CCOC(=O)/C=C/C[C@H]1C[C@@H](O)[C@@H](C)C/C=C/Cc2cccc(O[Si](C)(C)C(C)(C)C)c2C(=O)O1.C=CCOC(=O)/C=C/C[C@H]1C[C@@H](O[Si](C)(C)C(C)(C)C)[C@@H](C)C/C=C/Cc2cccc(O[Si](C)(C)C(C)(C)C)c2C(=O)O1. The Labute approximate surface area is 478 Å². The second-order valence-corrected chi connectivity index (χ2v) is 39.9. The molecule has 0 spiro atoms. The molecule has 0 saturated carbocycles. The number of hydrogen-bond acceptors (Lipinski definition) is 12. The van der Waals surface area contributed by atoms with Crippen LogP contribution in [0.5, 0.6) is 11.5 Å². The van der Waals surface area contributed by atoms with Gasteiger partial charge in [0.05, 0.1) is 12.2 Å². The number of aliphatic hydroxyl groups excluding tert-OH is 1. The highest BCUT2D eigenvalue weighted by Gasteiger charge is 2.43. The van der Waals surface area contributed by atoms with E-state index in [1.165, 1.54) is 24.3 Å². The average molecular weight is 1140 g/mol. The molecule has 438 valence electrons. The Kier molecular flexibility index (Phi) is 26.0. The molecule has 2 aliphatic rings. The molecule has 0 radical (unpaired) electrons. The lowest BCUT2D eigenvalue weighted by molar-refractivity contribution is -0.137. The number of fused-ring (bicyclic) bond motifs is 2. The van der Waals surface area contributed by atoms with Crippen molar-refractivity contribution in [2.45, 2.75) is 206 Å². The van der Waals surface area contributed by atoms with Crippen LogP contribution in [0, 0.1) is 11.8 Å². The van der Waals surface area contributed by atoms with Crippen molar-refractivity contribution in [2.75, 3.05) is 13.2 Å². The van der Waals surface area contributed by atoms with Gasteiger partial charge < -0.3 is 37.3 Å². The van der Waals surface area contributed by atoms with Crippen LogP contribution in [0.3, 0.4) is 0 Å². The van der Waals surface area contributed by atoms with Gasteiger partial charge in [0.15, 0.2) is 8.32 Å². The van der Waals surface area contributed by atoms with Gasteiger partial charge in [-0.25, -0.2) is 19.2 Å². The zero-order valence-corrected chi connectivity index (χ0v) is 54.1. The first-order valence-electron chi connectivity index (χ1n) is 28.2. The molecule has 0 bridgehead atoms. The molecule has 0 saturated heterocycles. The van der Waals surface area contributed by atoms with Crippen LogP contribution in [-0.4, -0.2) is 91.6 Å². The molecule has 2 aliphatic heterocycles. The largest absolute Gasteiger partial charge is 0.543 e. The Bertz CT molecular complexity index is 2480. The Hall–Kier alpha value is -5.07. The number of aliphatic hydroxyl groups is 1. The van der Waals surface area contributed by atoms with Gasteiger partial charge in [-0.15, -0.1) is 0 Å². The van der Waals surface area contributed by atoms with Crippen LogP contribution >= 0.6 is 0 Å². The predicted octanol–water partition coefficient (Wildman–Crippen LogP) is 15.4. The lowest BCUT2D eigenvalue weighted by Gasteiger charge is -2.41. The lowest BCUT2D eigenvalue weighted by atomic mass is 9.93. The standard InChI is InChI=1S/C35H56O6Si2.C29H42O6Si/c1-13-24-38-31(36)23-17-21-28-25-30(41-43(11,12)35(6,7)8)26(2)18-14-15-19-27-20-16-22-29(32(27)33(37)39-28)40-42(9,10)34(3,4)5;1-8-19-33-26(31)18-12-16-23-20-24(30)21(2)13-9-10-14-22-15-11-17-25(27(22)28(32)34-23)35-36(6,7)29(3,4)5/h13-17,20,22-23,26,28,30H,1,18-19,21,24-25H2,2-12H3;8-12,15,17-18,21,23-24,30H,1,13-14,16,19-20H2,2-7H3/b15-14+,23-17+;10-9+,18-12+/t26-,28-,30+;21-,23-,24+/m00/s1. The zero-order chi connectivity index (χ0) is 59.6.